The molecule has 0 saturated heterocycles. The maximum atomic E-state index is 14.2. The summed E-state index contributed by atoms with van der Waals surface area (Å²) in [5.41, 5.74) is 5.03. The second-order valence-corrected chi connectivity index (χ2v) is 10.6. The van der Waals surface area contributed by atoms with Crippen molar-refractivity contribution in [3.63, 3.8) is 0 Å². The van der Waals surface area contributed by atoms with Crippen molar-refractivity contribution in [3.8, 4) is 11.1 Å². The topological polar surface area (TPSA) is 116 Å². The number of hydrogen-bond acceptors (Lipinski definition) is 6. The van der Waals surface area contributed by atoms with E-state index in [1.54, 1.807) is 24.3 Å². The quantitative estimate of drug-likeness (QED) is 0.286. The highest BCUT2D eigenvalue weighted by molar-refractivity contribution is 7.91. The molecule has 9 heteroatoms. The number of aromatic amines is 2. The second-order valence-electron chi connectivity index (χ2n) is 8.53. The number of sulfone groups is 1. The summed E-state index contributed by atoms with van der Waals surface area (Å²) in [5, 5.41) is 2.96. The lowest BCUT2D eigenvalue weighted by atomic mass is 10.0. The van der Waals surface area contributed by atoms with Gasteiger partial charge in [-0.2, -0.15) is 0 Å². The third-order valence-corrected chi connectivity index (χ3v) is 8.11. The summed E-state index contributed by atoms with van der Waals surface area (Å²) >= 11 is 0. The number of H-pyrrole nitrogens is 2. The molecule has 0 radical (unpaired) electrons. The standard InChI is InChI=1S/C27H22N6O2S/c1-17-11-13-19(14-12-17)36(34,35)27(33-26-24-25(29-15-28-24)30-16-31-26)23-22(18-7-3-2-4-8-18)20-9-5-6-10-21(20)32-23/h2-16,27,32H,1H3,(H2,28,29,30,31,33). The molecule has 0 saturated carbocycles. The summed E-state index contributed by atoms with van der Waals surface area (Å²) in [6, 6.07) is 24.4. The third kappa shape index (κ3) is 3.70. The molecule has 6 aromatic rings. The fourth-order valence-corrected chi connectivity index (χ4v) is 5.98. The molecule has 8 nitrogen and oxygen atoms in total. The van der Waals surface area contributed by atoms with Gasteiger partial charge in [0.1, 0.15) is 11.8 Å². The summed E-state index contributed by atoms with van der Waals surface area (Å²) in [4.78, 5) is 19.3. The van der Waals surface area contributed by atoms with Crippen LogP contribution in [0.15, 0.2) is 96.4 Å². The minimum atomic E-state index is -3.94. The highest BCUT2D eigenvalue weighted by atomic mass is 32.2. The van der Waals surface area contributed by atoms with Crippen molar-refractivity contribution in [1.29, 1.82) is 0 Å². The first kappa shape index (κ1) is 22.0. The van der Waals surface area contributed by atoms with Gasteiger partial charge in [-0.3, -0.25) is 0 Å². The van der Waals surface area contributed by atoms with Crippen LogP contribution in [0.3, 0.4) is 0 Å². The Kier molecular flexibility index (Phi) is 5.26. The van der Waals surface area contributed by atoms with E-state index in [0.29, 0.717) is 22.7 Å². The molecule has 3 heterocycles. The average molecular weight is 495 g/mol. The van der Waals surface area contributed by atoms with Gasteiger partial charge in [0.2, 0.25) is 9.84 Å². The predicted molar refractivity (Wildman–Crippen MR) is 140 cm³/mol. The largest absolute Gasteiger partial charge is 0.355 e. The predicted octanol–water partition coefficient (Wildman–Crippen LogP) is 5.39. The number of nitrogens with zero attached hydrogens (tertiary/aromatic N) is 3. The average Bonchev–Trinajstić information content (AvgIpc) is 3.53. The Morgan fingerprint density at radius 1 is 0.861 bits per heavy atom. The lowest BCUT2D eigenvalue weighted by molar-refractivity contribution is 0.586. The van der Waals surface area contributed by atoms with Crippen LogP contribution in [0.5, 0.6) is 0 Å². The van der Waals surface area contributed by atoms with Crippen LogP contribution in [0.25, 0.3) is 33.2 Å². The molecule has 36 heavy (non-hydrogen) atoms. The van der Waals surface area contributed by atoms with Crippen molar-refractivity contribution >= 4 is 37.7 Å². The summed E-state index contributed by atoms with van der Waals surface area (Å²) in [5.74, 6) is 0.343. The number of imidazole rings is 1. The lowest BCUT2D eigenvalue weighted by Crippen LogP contribution is -2.23. The Balaban J connectivity index is 1.62. The number of benzene rings is 3. The van der Waals surface area contributed by atoms with Crippen molar-refractivity contribution in [1.82, 2.24) is 24.9 Å². The molecule has 0 fully saturated rings. The third-order valence-electron chi connectivity index (χ3n) is 6.21. The zero-order valence-electron chi connectivity index (χ0n) is 19.3. The molecule has 3 N–H and O–H groups in total. The fraction of sp³-hybridized carbons (Fsp3) is 0.0741. The Morgan fingerprint density at radius 3 is 2.42 bits per heavy atom. The molecule has 6 rings (SSSR count). The molecular weight excluding hydrogens is 472 g/mol. The van der Waals surface area contributed by atoms with Crippen LogP contribution < -0.4 is 5.32 Å². The number of aromatic nitrogens is 5. The maximum Gasteiger partial charge on any atom is 0.205 e. The first-order valence-electron chi connectivity index (χ1n) is 11.4. The van der Waals surface area contributed by atoms with E-state index >= 15 is 0 Å². The van der Waals surface area contributed by atoms with Crippen LogP contribution in [0.4, 0.5) is 5.82 Å². The van der Waals surface area contributed by atoms with Gasteiger partial charge in [0.25, 0.3) is 0 Å². The normalized spacial score (nSPS) is 12.7. The van der Waals surface area contributed by atoms with Crippen molar-refractivity contribution in [3.05, 3.63) is 103 Å². The monoisotopic (exact) mass is 494 g/mol. The van der Waals surface area contributed by atoms with Crippen LogP contribution in [-0.4, -0.2) is 33.3 Å². The van der Waals surface area contributed by atoms with Gasteiger partial charge >= 0.3 is 0 Å². The van der Waals surface area contributed by atoms with Gasteiger partial charge in [-0.1, -0.05) is 66.2 Å². The van der Waals surface area contributed by atoms with Gasteiger partial charge < -0.3 is 15.3 Å². The Labute approximate surface area is 207 Å². The molecule has 0 aliphatic carbocycles. The van der Waals surface area contributed by atoms with Gasteiger partial charge in [-0.05, 0) is 30.7 Å². The molecular formula is C27H22N6O2S. The van der Waals surface area contributed by atoms with E-state index in [-0.39, 0.29) is 4.90 Å². The number of nitrogens with one attached hydrogen (secondary N) is 3. The van der Waals surface area contributed by atoms with Crippen molar-refractivity contribution in [2.45, 2.75) is 17.2 Å². The van der Waals surface area contributed by atoms with E-state index in [9.17, 15) is 8.42 Å². The SMILES string of the molecule is Cc1ccc(S(=O)(=O)C(Nc2ncnc3nc[nH]c23)c2[nH]c3ccccc3c2-c2ccccc2)cc1. The fourth-order valence-electron chi connectivity index (χ4n) is 4.44. The molecule has 3 aromatic heterocycles. The van der Waals surface area contributed by atoms with Crippen LogP contribution in [0.2, 0.25) is 0 Å². The molecule has 0 amide bonds. The maximum absolute atomic E-state index is 14.2. The molecule has 0 aliphatic rings. The molecule has 1 atom stereocenters. The first-order valence-corrected chi connectivity index (χ1v) is 12.9. The Morgan fingerprint density at radius 2 is 1.61 bits per heavy atom. The highest BCUT2D eigenvalue weighted by Gasteiger charge is 2.34. The number of anilines is 1. The highest BCUT2D eigenvalue weighted by Crippen LogP contribution is 2.40. The Hall–Kier alpha value is -4.50. The Bertz CT molecular complexity index is 1790. The smallest absolute Gasteiger partial charge is 0.205 e. The van der Waals surface area contributed by atoms with Gasteiger partial charge in [-0.15, -0.1) is 0 Å². The first-order chi connectivity index (χ1) is 17.5. The second kappa shape index (κ2) is 8.62. The van der Waals surface area contributed by atoms with Gasteiger partial charge in [-0.25, -0.2) is 23.4 Å². The van der Waals surface area contributed by atoms with E-state index in [1.165, 1.54) is 12.7 Å². The number of hydrogen-bond donors (Lipinski definition) is 3. The van der Waals surface area contributed by atoms with Gasteiger partial charge in [0, 0.05) is 16.5 Å². The van der Waals surface area contributed by atoms with Crippen LogP contribution in [-0.2, 0) is 9.84 Å². The van der Waals surface area contributed by atoms with Gasteiger partial charge in [0.05, 0.1) is 16.9 Å². The number of para-hydroxylation sites is 1. The van der Waals surface area contributed by atoms with Gasteiger partial charge in [0.15, 0.2) is 16.8 Å². The molecule has 0 spiro atoms. The number of fused-ring (bicyclic) bond motifs is 2. The zero-order chi connectivity index (χ0) is 24.7. The minimum Gasteiger partial charge on any atom is -0.355 e. The minimum absolute atomic E-state index is 0.207. The lowest BCUT2D eigenvalue weighted by Gasteiger charge is -2.21. The number of rotatable bonds is 6. The summed E-state index contributed by atoms with van der Waals surface area (Å²) < 4.78 is 28.5. The van der Waals surface area contributed by atoms with E-state index in [2.05, 4.69) is 30.2 Å². The molecule has 0 bridgehead atoms. The van der Waals surface area contributed by atoms with Crippen LogP contribution in [0, 0.1) is 6.92 Å². The summed E-state index contributed by atoms with van der Waals surface area (Å²) in [6.07, 6.45) is 2.87. The van der Waals surface area contributed by atoms with E-state index in [0.717, 1.165) is 27.6 Å². The zero-order valence-corrected chi connectivity index (χ0v) is 20.1. The van der Waals surface area contributed by atoms with Crippen molar-refractivity contribution in [2.75, 3.05) is 5.32 Å². The van der Waals surface area contributed by atoms with E-state index in [1.807, 2.05) is 61.5 Å². The van der Waals surface area contributed by atoms with E-state index < -0.39 is 15.2 Å². The molecule has 1 unspecified atom stereocenters. The number of aryl methyl sites for hydroxylation is 1. The molecule has 178 valence electrons. The van der Waals surface area contributed by atoms with Crippen LogP contribution >= 0.6 is 0 Å². The van der Waals surface area contributed by atoms with E-state index in [4.69, 9.17) is 0 Å². The molecule has 3 aromatic carbocycles. The molecule has 0 aliphatic heterocycles. The van der Waals surface area contributed by atoms with Crippen molar-refractivity contribution < 1.29 is 8.42 Å². The summed E-state index contributed by atoms with van der Waals surface area (Å²) in [6.45, 7) is 1.92. The van der Waals surface area contributed by atoms with Crippen LogP contribution in [0.1, 0.15) is 16.6 Å². The van der Waals surface area contributed by atoms with Crippen molar-refractivity contribution in [2.24, 2.45) is 0 Å². The summed E-state index contributed by atoms with van der Waals surface area (Å²) in [7, 11) is -3.94.